The zero-order valence-electron chi connectivity index (χ0n) is 20.1. The Labute approximate surface area is 202 Å². The predicted octanol–water partition coefficient (Wildman–Crippen LogP) is 5.68. The van der Waals surface area contributed by atoms with Gasteiger partial charge >= 0.3 is 6.18 Å². The summed E-state index contributed by atoms with van der Waals surface area (Å²) in [6, 6.07) is 12.0. The summed E-state index contributed by atoms with van der Waals surface area (Å²) >= 11 is 0. The number of rotatable bonds is 4. The third-order valence-electron chi connectivity index (χ3n) is 6.55. The second-order valence-corrected chi connectivity index (χ2v) is 9.27. The number of hydrogen-bond acceptors (Lipinski definition) is 4. The van der Waals surface area contributed by atoms with Gasteiger partial charge in [-0.25, -0.2) is 14.6 Å². The van der Waals surface area contributed by atoms with Gasteiger partial charge in [0.2, 0.25) is 0 Å². The van der Waals surface area contributed by atoms with E-state index in [9.17, 15) is 13.2 Å². The fraction of sp³-hybridized carbons (Fsp3) is 0.346. The molecule has 35 heavy (non-hydrogen) atoms. The maximum atomic E-state index is 13.0. The zero-order chi connectivity index (χ0) is 24.9. The van der Waals surface area contributed by atoms with Crippen LogP contribution in [-0.4, -0.2) is 30.9 Å². The van der Waals surface area contributed by atoms with E-state index < -0.39 is 11.9 Å². The van der Waals surface area contributed by atoms with Gasteiger partial charge in [-0.3, -0.25) is 0 Å². The first-order valence-electron chi connectivity index (χ1n) is 11.6. The maximum Gasteiger partial charge on any atom is 0.434 e. The lowest BCUT2D eigenvalue weighted by Gasteiger charge is -2.29. The first-order chi connectivity index (χ1) is 16.6. The number of benzene rings is 1. The van der Waals surface area contributed by atoms with Crippen molar-refractivity contribution in [1.82, 2.24) is 24.3 Å². The van der Waals surface area contributed by atoms with Crippen LogP contribution in [0.1, 0.15) is 48.0 Å². The largest absolute Gasteiger partial charge is 0.434 e. The number of imidazole rings is 1. The zero-order valence-corrected chi connectivity index (χ0v) is 20.1. The van der Waals surface area contributed by atoms with E-state index in [-0.39, 0.29) is 5.82 Å². The van der Waals surface area contributed by atoms with Crippen LogP contribution in [0.5, 0.6) is 0 Å². The van der Waals surface area contributed by atoms with Crippen LogP contribution in [0.4, 0.5) is 19.0 Å². The molecular weight excluding hydrogens is 453 g/mol. The van der Waals surface area contributed by atoms with Crippen LogP contribution in [0, 0.1) is 6.92 Å². The summed E-state index contributed by atoms with van der Waals surface area (Å²) in [6.45, 7) is 7.85. The van der Waals surface area contributed by atoms with E-state index in [2.05, 4.69) is 58.5 Å². The molecule has 0 atom stereocenters. The van der Waals surface area contributed by atoms with Crippen LogP contribution in [-0.2, 0) is 26.2 Å². The fourth-order valence-corrected chi connectivity index (χ4v) is 4.74. The number of hydrogen-bond donors (Lipinski definition) is 0. The summed E-state index contributed by atoms with van der Waals surface area (Å²) in [7, 11) is 1.55. The van der Waals surface area contributed by atoms with Crippen molar-refractivity contribution in [3.63, 3.8) is 0 Å². The van der Waals surface area contributed by atoms with E-state index in [0.717, 1.165) is 42.1 Å². The van der Waals surface area contributed by atoms with Crippen LogP contribution < -0.4 is 4.90 Å². The summed E-state index contributed by atoms with van der Waals surface area (Å²) in [5.41, 5.74) is 5.41. The van der Waals surface area contributed by atoms with Crippen molar-refractivity contribution in [2.24, 2.45) is 7.05 Å². The van der Waals surface area contributed by atoms with Crippen molar-refractivity contribution in [3.05, 3.63) is 77.0 Å². The minimum absolute atomic E-state index is 0.233. The molecule has 4 heterocycles. The molecule has 4 aromatic rings. The highest BCUT2D eigenvalue weighted by Crippen LogP contribution is 2.32. The molecule has 3 aromatic heterocycles. The molecule has 1 aliphatic heterocycles. The molecule has 0 bridgehead atoms. The Morgan fingerprint density at radius 2 is 1.83 bits per heavy atom. The molecule has 1 aliphatic rings. The number of aromatic nitrogens is 5. The Morgan fingerprint density at radius 1 is 1.06 bits per heavy atom. The van der Waals surface area contributed by atoms with E-state index in [1.165, 1.54) is 15.7 Å². The third-order valence-corrected chi connectivity index (χ3v) is 6.55. The monoisotopic (exact) mass is 480 g/mol. The number of aryl methyl sites for hydroxylation is 2. The van der Waals surface area contributed by atoms with Gasteiger partial charge in [0.25, 0.3) is 0 Å². The summed E-state index contributed by atoms with van der Waals surface area (Å²) < 4.78 is 42.6. The first kappa shape index (κ1) is 23.1. The number of alkyl halides is 3. The number of halogens is 3. The molecule has 6 nitrogen and oxygen atoms in total. The second kappa shape index (κ2) is 8.55. The van der Waals surface area contributed by atoms with E-state index in [4.69, 9.17) is 5.10 Å². The van der Waals surface area contributed by atoms with Crippen LogP contribution in [0.2, 0.25) is 0 Å². The van der Waals surface area contributed by atoms with Gasteiger partial charge in [-0.15, -0.1) is 0 Å². The average molecular weight is 481 g/mol. The van der Waals surface area contributed by atoms with Crippen molar-refractivity contribution in [2.75, 3.05) is 11.4 Å². The fourth-order valence-electron chi connectivity index (χ4n) is 4.74. The molecule has 0 unspecified atom stereocenters. The number of para-hydroxylation sites is 1. The molecule has 0 radical (unpaired) electrons. The molecule has 9 heteroatoms. The van der Waals surface area contributed by atoms with Crippen LogP contribution in [0.15, 0.2) is 48.8 Å². The lowest BCUT2D eigenvalue weighted by atomic mass is 10.0. The number of anilines is 1. The van der Waals surface area contributed by atoms with Gasteiger partial charge in [0.05, 0.1) is 23.6 Å². The number of fused-ring (bicyclic) bond motifs is 1. The molecule has 0 saturated carbocycles. The van der Waals surface area contributed by atoms with Crippen LogP contribution >= 0.6 is 0 Å². The van der Waals surface area contributed by atoms with Gasteiger partial charge in [0, 0.05) is 37.1 Å². The molecule has 182 valence electrons. The lowest BCUT2D eigenvalue weighted by Crippen LogP contribution is -2.32. The highest BCUT2D eigenvalue weighted by atomic mass is 19.4. The molecule has 0 aliphatic carbocycles. The smallest absolute Gasteiger partial charge is 0.350 e. The minimum atomic E-state index is -4.48. The number of nitrogens with zero attached hydrogens (tertiary/aromatic N) is 6. The van der Waals surface area contributed by atoms with Crippen LogP contribution in [0.25, 0.3) is 17.1 Å². The van der Waals surface area contributed by atoms with Gasteiger partial charge in [0.1, 0.15) is 11.6 Å². The second-order valence-electron chi connectivity index (χ2n) is 9.27. The molecular formula is C26H27F3N6. The summed E-state index contributed by atoms with van der Waals surface area (Å²) in [6.07, 6.45) is -1.05. The van der Waals surface area contributed by atoms with Gasteiger partial charge < -0.3 is 9.47 Å². The molecule has 5 rings (SSSR count). The first-order valence-corrected chi connectivity index (χ1v) is 11.6. The summed E-state index contributed by atoms with van der Waals surface area (Å²) in [5, 5.41) is 4.89. The molecule has 0 spiro atoms. The lowest BCUT2D eigenvalue weighted by molar-refractivity contribution is -0.140. The standard InChI is InChI=1S/C26H27F3N6/c1-16(2)19-7-5-6-8-21(19)35-22-14-34(12-11-20(22)17(3)32-35)24-10-9-18(13-30-24)25-31-23(15-33(25)4)26(27,28)29/h5-10,13,15-16H,11-12,14H2,1-4H3. The van der Waals surface area contributed by atoms with Crippen molar-refractivity contribution >= 4 is 5.82 Å². The highest BCUT2D eigenvalue weighted by Gasteiger charge is 2.34. The Kier molecular flexibility index (Phi) is 5.65. The molecule has 1 aromatic carbocycles. The topological polar surface area (TPSA) is 51.8 Å². The minimum Gasteiger partial charge on any atom is -0.350 e. The quantitative estimate of drug-likeness (QED) is 0.377. The third kappa shape index (κ3) is 4.19. The number of pyridine rings is 1. The van der Waals surface area contributed by atoms with Crippen molar-refractivity contribution in [2.45, 2.75) is 45.8 Å². The Balaban J connectivity index is 1.44. The molecule has 0 amide bonds. The molecule has 0 N–H and O–H groups in total. The SMILES string of the molecule is Cc1nn(-c2ccccc2C(C)C)c2c1CCN(c1ccc(-c3nc(C(F)(F)F)cn3C)cn1)C2. The summed E-state index contributed by atoms with van der Waals surface area (Å²) in [5.74, 6) is 1.37. The molecule has 0 fully saturated rings. The molecule has 0 saturated heterocycles. The normalized spacial score (nSPS) is 14.0. The maximum absolute atomic E-state index is 13.0. The van der Waals surface area contributed by atoms with E-state index in [1.54, 1.807) is 19.3 Å². The van der Waals surface area contributed by atoms with Crippen LogP contribution in [0.3, 0.4) is 0 Å². The van der Waals surface area contributed by atoms with Gasteiger partial charge in [-0.2, -0.15) is 18.3 Å². The van der Waals surface area contributed by atoms with Gasteiger partial charge in [-0.05, 0) is 43.0 Å². The highest BCUT2D eigenvalue weighted by molar-refractivity contribution is 5.58. The Bertz CT molecular complexity index is 1360. The van der Waals surface area contributed by atoms with Crippen molar-refractivity contribution in [3.8, 4) is 17.1 Å². The van der Waals surface area contributed by atoms with Gasteiger partial charge in [0.15, 0.2) is 5.69 Å². The van der Waals surface area contributed by atoms with Crippen molar-refractivity contribution in [1.29, 1.82) is 0 Å². The van der Waals surface area contributed by atoms with E-state index in [1.807, 2.05) is 12.1 Å². The Hall–Kier alpha value is -3.62. The average Bonchev–Trinajstić information content (AvgIpc) is 3.39. The van der Waals surface area contributed by atoms with Gasteiger partial charge in [-0.1, -0.05) is 32.0 Å². The van der Waals surface area contributed by atoms with E-state index >= 15 is 0 Å². The Morgan fingerprint density at radius 3 is 2.49 bits per heavy atom. The predicted molar refractivity (Wildman–Crippen MR) is 129 cm³/mol. The van der Waals surface area contributed by atoms with E-state index in [0.29, 0.717) is 18.0 Å². The summed E-state index contributed by atoms with van der Waals surface area (Å²) in [4.78, 5) is 10.5. The van der Waals surface area contributed by atoms with Crippen molar-refractivity contribution < 1.29 is 13.2 Å².